The Morgan fingerprint density at radius 2 is 1.85 bits per heavy atom. The van der Waals surface area contributed by atoms with E-state index in [9.17, 15) is 21.9 Å². The van der Waals surface area contributed by atoms with Crippen molar-refractivity contribution >= 4 is 40.8 Å². The van der Waals surface area contributed by atoms with Gasteiger partial charge in [-0.3, -0.25) is 10.2 Å². The number of rotatable bonds is 9. The summed E-state index contributed by atoms with van der Waals surface area (Å²) in [5, 5.41) is 13.6. The minimum atomic E-state index is -3.27. The lowest BCUT2D eigenvalue weighted by Crippen LogP contribution is -2.46. The van der Waals surface area contributed by atoms with Crippen LogP contribution >= 0.6 is 12.3 Å². The third-order valence-corrected chi connectivity index (χ3v) is 6.25. The molecule has 0 aliphatic rings. The van der Waals surface area contributed by atoms with E-state index in [2.05, 4.69) is 20.6 Å². The third-order valence-electron chi connectivity index (χ3n) is 5.82. The maximum absolute atomic E-state index is 14.8. The van der Waals surface area contributed by atoms with Gasteiger partial charge in [-0.25, -0.2) is 27.1 Å². The van der Waals surface area contributed by atoms with Gasteiger partial charge in [-0.05, 0) is 30.7 Å². The molecule has 0 bridgehead atoms. The van der Waals surface area contributed by atoms with E-state index in [1.807, 2.05) is 13.8 Å². The molecule has 0 fully saturated rings. The first-order valence-electron chi connectivity index (χ1n) is 12.1. The monoisotopic (exact) mass is 560 g/mol. The number of hydrogen-bond acceptors (Lipinski definition) is 6. The number of benzene rings is 2. The van der Waals surface area contributed by atoms with Gasteiger partial charge < -0.3 is 10.6 Å². The summed E-state index contributed by atoms with van der Waals surface area (Å²) in [5.74, 6) is -4.67. The summed E-state index contributed by atoms with van der Waals surface area (Å²) in [5.41, 5.74) is 0.672. The molecule has 4 aromatic rings. The van der Waals surface area contributed by atoms with Gasteiger partial charge in [-0.2, -0.15) is 0 Å². The van der Waals surface area contributed by atoms with Crippen molar-refractivity contribution in [1.29, 1.82) is 5.41 Å². The zero-order chi connectivity index (χ0) is 28.7. The number of halogens is 4. The second kappa shape index (κ2) is 12.7. The summed E-state index contributed by atoms with van der Waals surface area (Å²) in [6.07, 6.45) is 1.75. The SMILES string of the molecule is CC.CNc1cc(F)ccc1C(=N)c1cnc2c(n1)c(C(=O)N[C@H](C)C(F)(F)Cc1ccccc1)cn2SF. The fourth-order valence-electron chi connectivity index (χ4n) is 3.78. The minimum Gasteiger partial charge on any atom is -0.387 e. The maximum Gasteiger partial charge on any atom is 0.271 e. The normalized spacial score (nSPS) is 11.9. The summed E-state index contributed by atoms with van der Waals surface area (Å²) in [4.78, 5) is 21.5. The molecule has 2 aromatic heterocycles. The highest BCUT2D eigenvalue weighted by atomic mass is 32.2. The Bertz CT molecular complexity index is 1460. The Hall–Kier alpha value is -3.93. The Balaban J connectivity index is 0.00000205. The number of anilines is 1. The standard InChI is InChI=1S/C25H22F4N6OS.C2H6/c1-14(25(27,28)11-15-6-4-3-5-7-15)33-24(36)18-13-35(37-29)23-22(18)34-20(12-32-23)21(30)17-9-8-16(26)10-19(17)31-2;1-2/h3-10,12-14,30-31H,11H2,1-2H3,(H,33,36);1-2H3/t14-;/m1./s1. The van der Waals surface area contributed by atoms with Gasteiger partial charge in [-0.15, -0.1) is 3.89 Å². The average Bonchev–Trinajstić information content (AvgIpc) is 3.32. The van der Waals surface area contributed by atoms with Gasteiger partial charge in [0.2, 0.25) is 0 Å². The third kappa shape index (κ3) is 6.56. The molecule has 0 spiro atoms. The van der Waals surface area contributed by atoms with Crippen molar-refractivity contribution in [3.05, 3.63) is 89.1 Å². The van der Waals surface area contributed by atoms with Crippen LogP contribution in [0.4, 0.5) is 22.7 Å². The van der Waals surface area contributed by atoms with Gasteiger partial charge >= 0.3 is 0 Å². The largest absolute Gasteiger partial charge is 0.387 e. The van der Waals surface area contributed by atoms with Crippen LogP contribution in [-0.2, 0) is 6.42 Å². The fraction of sp³-hybridized carbons (Fsp3) is 0.259. The molecule has 206 valence electrons. The van der Waals surface area contributed by atoms with E-state index >= 15 is 0 Å². The molecule has 0 saturated carbocycles. The number of nitrogens with zero attached hydrogens (tertiary/aromatic N) is 3. The molecule has 0 aliphatic carbocycles. The zero-order valence-corrected chi connectivity index (χ0v) is 22.5. The molecule has 12 heteroatoms. The first-order chi connectivity index (χ1) is 18.6. The van der Waals surface area contributed by atoms with Crippen LogP contribution in [0.3, 0.4) is 0 Å². The highest BCUT2D eigenvalue weighted by Gasteiger charge is 2.38. The molecule has 2 heterocycles. The van der Waals surface area contributed by atoms with Gasteiger partial charge in [0.1, 0.15) is 17.0 Å². The van der Waals surface area contributed by atoms with E-state index in [0.717, 1.165) is 10.2 Å². The first kappa shape index (κ1) is 29.6. The van der Waals surface area contributed by atoms with Crippen LogP contribution in [0.5, 0.6) is 0 Å². The average molecular weight is 561 g/mol. The van der Waals surface area contributed by atoms with Gasteiger partial charge in [0.15, 0.2) is 18.0 Å². The molecule has 0 unspecified atom stereocenters. The molecule has 2 aromatic carbocycles. The summed E-state index contributed by atoms with van der Waals surface area (Å²) in [6.45, 7) is 5.19. The Morgan fingerprint density at radius 3 is 2.49 bits per heavy atom. The molecule has 1 atom stereocenters. The van der Waals surface area contributed by atoms with Crippen molar-refractivity contribution in [2.24, 2.45) is 0 Å². The van der Waals surface area contributed by atoms with Crippen molar-refractivity contribution < 1.29 is 21.9 Å². The second-order valence-electron chi connectivity index (χ2n) is 8.30. The first-order valence-corrected chi connectivity index (χ1v) is 12.8. The number of amides is 1. The minimum absolute atomic E-state index is 0.0220. The zero-order valence-electron chi connectivity index (χ0n) is 21.7. The number of hydrogen-bond donors (Lipinski definition) is 3. The summed E-state index contributed by atoms with van der Waals surface area (Å²) < 4.78 is 57.8. The molecular weight excluding hydrogens is 532 g/mol. The van der Waals surface area contributed by atoms with E-state index in [1.54, 1.807) is 37.4 Å². The molecule has 0 radical (unpaired) electrons. The van der Waals surface area contributed by atoms with Crippen LogP contribution in [0.2, 0.25) is 0 Å². The lowest BCUT2D eigenvalue weighted by molar-refractivity contribution is -0.0290. The Kier molecular flexibility index (Phi) is 9.68. The van der Waals surface area contributed by atoms with Crippen LogP contribution in [0.25, 0.3) is 11.2 Å². The molecule has 3 N–H and O–H groups in total. The molecular formula is C27H28F4N6OS. The summed E-state index contributed by atoms with van der Waals surface area (Å²) in [7, 11) is 1.57. The van der Waals surface area contributed by atoms with Crippen LogP contribution in [0.1, 0.15) is 48.0 Å². The van der Waals surface area contributed by atoms with E-state index in [4.69, 9.17) is 5.41 Å². The maximum atomic E-state index is 14.8. The Labute approximate surface area is 228 Å². The Morgan fingerprint density at radius 1 is 1.15 bits per heavy atom. The molecule has 0 saturated heterocycles. The lowest BCUT2D eigenvalue weighted by atomic mass is 10.0. The number of carbonyl (C=O) groups excluding carboxylic acids is 1. The number of alkyl halides is 2. The van der Waals surface area contributed by atoms with Crippen molar-refractivity contribution in [1.82, 2.24) is 19.3 Å². The van der Waals surface area contributed by atoms with Crippen LogP contribution in [0, 0.1) is 11.2 Å². The van der Waals surface area contributed by atoms with Crippen LogP contribution < -0.4 is 10.6 Å². The highest BCUT2D eigenvalue weighted by Crippen LogP contribution is 2.27. The van der Waals surface area contributed by atoms with Crippen molar-refractivity contribution in [3.8, 4) is 0 Å². The van der Waals surface area contributed by atoms with Crippen molar-refractivity contribution in [2.45, 2.75) is 39.2 Å². The summed E-state index contributed by atoms with van der Waals surface area (Å²) >= 11 is -0.238. The van der Waals surface area contributed by atoms with Crippen molar-refractivity contribution in [3.63, 3.8) is 0 Å². The molecule has 7 nitrogen and oxygen atoms in total. The van der Waals surface area contributed by atoms with Gasteiger partial charge in [-0.1, -0.05) is 44.2 Å². The van der Waals surface area contributed by atoms with E-state index in [1.165, 1.54) is 31.3 Å². The van der Waals surface area contributed by atoms with E-state index in [0.29, 0.717) is 16.8 Å². The fourth-order valence-corrected chi connectivity index (χ4v) is 4.13. The van der Waals surface area contributed by atoms with Crippen molar-refractivity contribution in [2.75, 3.05) is 12.4 Å². The molecule has 0 aliphatic heterocycles. The number of nitrogens with one attached hydrogen (secondary N) is 3. The highest BCUT2D eigenvalue weighted by molar-refractivity contribution is 7.92. The van der Waals surface area contributed by atoms with Crippen LogP contribution in [-0.4, -0.2) is 44.6 Å². The number of carbonyl (C=O) groups is 1. The number of fused-ring (bicyclic) bond motifs is 1. The van der Waals surface area contributed by atoms with E-state index < -0.39 is 30.1 Å². The quantitative estimate of drug-likeness (QED) is 0.162. The topological polar surface area (TPSA) is 95.7 Å². The van der Waals surface area contributed by atoms with E-state index in [-0.39, 0.29) is 40.5 Å². The number of aromatic nitrogens is 3. The van der Waals surface area contributed by atoms with Gasteiger partial charge in [0.25, 0.3) is 11.8 Å². The molecule has 39 heavy (non-hydrogen) atoms. The van der Waals surface area contributed by atoms with Gasteiger partial charge in [0.05, 0.1) is 23.5 Å². The lowest BCUT2D eigenvalue weighted by Gasteiger charge is -2.24. The predicted molar refractivity (Wildman–Crippen MR) is 147 cm³/mol. The predicted octanol–water partition coefficient (Wildman–Crippen LogP) is 6.43. The second-order valence-corrected chi connectivity index (χ2v) is 8.83. The molecule has 1 amide bonds. The van der Waals surface area contributed by atoms with Gasteiger partial charge in [0, 0.05) is 30.9 Å². The smallest absolute Gasteiger partial charge is 0.271 e. The molecule has 4 rings (SSSR count). The van der Waals surface area contributed by atoms with Crippen LogP contribution in [0.15, 0.2) is 60.9 Å². The summed E-state index contributed by atoms with van der Waals surface area (Å²) in [6, 6.07) is 10.4.